The van der Waals surface area contributed by atoms with Crippen molar-refractivity contribution < 1.29 is 9.53 Å². The highest BCUT2D eigenvalue weighted by Gasteiger charge is 2.14. The lowest BCUT2D eigenvalue weighted by atomic mass is 10.2. The Morgan fingerprint density at radius 1 is 1.24 bits per heavy atom. The van der Waals surface area contributed by atoms with Crippen molar-refractivity contribution in [3.63, 3.8) is 0 Å². The number of aromatic nitrogens is 1. The Kier molecular flexibility index (Phi) is 5.11. The Bertz CT molecular complexity index is 926. The van der Waals surface area contributed by atoms with Gasteiger partial charge in [-0.2, -0.15) is 0 Å². The van der Waals surface area contributed by atoms with Gasteiger partial charge < -0.3 is 15.4 Å². The van der Waals surface area contributed by atoms with Crippen LogP contribution in [-0.2, 0) is 4.79 Å². The van der Waals surface area contributed by atoms with Crippen LogP contribution in [0, 0.1) is 6.92 Å². The lowest BCUT2D eigenvalue weighted by molar-refractivity contribution is -0.116. The van der Waals surface area contributed by atoms with E-state index in [1.54, 1.807) is 36.6 Å². The van der Waals surface area contributed by atoms with Gasteiger partial charge in [-0.05, 0) is 50.2 Å². The average molecular weight is 376 g/mol. The van der Waals surface area contributed by atoms with Gasteiger partial charge in [0, 0.05) is 11.4 Å². The maximum absolute atomic E-state index is 12.4. The van der Waals surface area contributed by atoms with Crippen LogP contribution >= 0.6 is 22.9 Å². The highest BCUT2D eigenvalue weighted by Crippen LogP contribution is 2.28. The maximum atomic E-state index is 12.4. The fourth-order valence-corrected chi connectivity index (χ4v) is 3.56. The number of hydrogen-bond donors (Lipinski definition) is 2. The van der Waals surface area contributed by atoms with Crippen molar-refractivity contribution in [2.45, 2.75) is 19.9 Å². The van der Waals surface area contributed by atoms with E-state index < -0.39 is 6.04 Å². The largest absolute Gasteiger partial charge is 0.495 e. The summed E-state index contributed by atoms with van der Waals surface area (Å²) in [5, 5.41) is 7.53. The fourth-order valence-electron chi connectivity index (χ4n) is 2.44. The number of halogens is 1. The molecule has 0 bridgehead atoms. The van der Waals surface area contributed by atoms with E-state index in [1.165, 1.54) is 0 Å². The number of carbonyl (C=O) groups is 1. The van der Waals surface area contributed by atoms with Gasteiger partial charge in [-0.1, -0.05) is 11.6 Å². The zero-order valence-electron chi connectivity index (χ0n) is 14.1. The molecule has 0 aliphatic rings. The summed E-state index contributed by atoms with van der Waals surface area (Å²) < 4.78 is 6.20. The SMILES string of the molecule is COc1ccc(NC(=O)[C@H](C)Nc2ccc3nc(C)sc3c2)cc1Cl. The van der Waals surface area contributed by atoms with Gasteiger partial charge in [0.25, 0.3) is 0 Å². The van der Waals surface area contributed by atoms with E-state index in [2.05, 4.69) is 15.6 Å². The molecule has 7 heteroatoms. The first kappa shape index (κ1) is 17.5. The van der Waals surface area contributed by atoms with Crippen molar-refractivity contribution in [3.8, 4) is 5.75 Å². The van der Waals surface area contributed by atoms with E-state index in [0.29, 0.717) is 16.5 Å². The van der Waals surface area contributed by atoms with Gasteiger partial charge in [-0.25, -0.2) is 4.98 Å². The van der Waals surface area contributed by atoms with Crippen molar-refractivity contribution in [2.24, 2.45) is 0 Å². The molecule has 25 heavy (non-hydrogen) atoms. The summed E-state index contributed by atoms with van der Waals surface area (Å²) >= 11 is 7.71. The Morgan fingerprint density at radius 2 is 2.00 bits per heavy atom. The Labute approximate surface area is 155 Å². The standard InChI is InChI=1S/C18H18ClN3O2S/c1-10(18(23)22-12-5-7-16(24-3)14(19)8-12)20-13-4-6-15-17(9-13)25-11(2)21-15/h4-10,20H,1-3H3,(H,22,23)/t10-/m0/s1. The number of ether oxygens (including phenoxy) is 1. The molecule has 0 unspecified atom stereocenters. The van der Waals surface area contributed by atoms with E-state index in [4.69, 9.17) is 16.3 Å². The number of nitrogens with one attached hydrogen (secondary N) is 2. The highest BCUT2D eigenvalue weighted by atomic mass is 35.5. The number of amides is 1. The van der Waals surface area contributed by atoms with Crippen LogP contribution in [0.5, 0.6) is 5.75 Å². The first-order chi connectivity index (χ1) is 12.0. The second-order valence-corrected chi connectivity index (χ2v) is 7.26. The number of aryl methyl sites for hydroxylation is 1. The van der Waals surface area contributed by atoms with Crippen LogP contribution in [-0.4, -0.2) is 24.0 Å². The van der Waals surface area contributed by atoms with Crippen molar-refractivity contribution in [1.29, 1.82) is 0 Å². The third-order valence-corrected chi connectivity index (χ3v) is 4.92. The second kappa shape index (κ2) is 7.29. The number of benzene rings is 2. The van der Waals surface area contributed by atoms with E-state index in [9.17, 15) is 4.79 Å². The van der Waals surface area contributed by atoms with Gasteiger partial charge >= 0.3 is 0 Å². The van der Waals surface area contributed by atoms with Crippen LogP contribution in [0.1, 0.15) is 11.9 Å². The zero-order chi connectivity index (χ0) is 18.0. The minimum Gasteiger partial charge on any atom is -0.495 e. The van der Waals surface area contributed by atoms with Crippen LogP contribution in [0.4, 0.5) is 11.4 Å². The number of nitrogens with zero attached hydrogens (tertiary/aromatic N) is 1. The topological polar surface area (TPSA) is 63.2 Å². The summed E-state index contributed by atoms with van der Waals surface area (Å²) in [6.45, 7) is 3.79. The summed E-state index contributed by atoms with van der Waals surface area (Å²) in [6.07, 6.45) is 0. The molecular weight excluding hydrogens is 358 g/mol. The molecule has 5 nitrogen and oxygen atoms in total. The first-order valence-corrected chi connectivity index (χ1v) is 8.94. The van der Waals surface area contributed by atoms with E-state index in [-0.39, 0.29) is 5.91 Å². The molecule has 1 aromatic heterocycles. The van der Waals surface area contributed by atoms with Gasteiger partial charge in [0.15, 0.2) is 0 Å². The minimum atomic E-state index is -0.410. The number of rotatable bonds is 5. The van der Waals surface area contributed by atoms with E-state index >= 15 is 0 Å². The Balaban J connectivity index is 1.68. The summed E-state index contributed by atoms with van der Waals surface area (Å²) in [4.78, 5) is 16.8. The molecule has 0 saturated heterocycles. The van der Waals surface area contributed by atoms with Crippen LogP contribution < -0.4 is 15.4 Å². The van der Waals surface area contributed by atoms with Gasteiger partial charge in [0.1, 0.15) is 11.8 Å². The number of methoxy groups -OCH3 is 1. The third kappa shape index (κ3) is 4.03. The molecule has 130 valence electrons. The highest BCUT2D eigenvalue weighted by molar-refractivity contribution is 7.18. The molecule has 3 aromatic rings. The van der Waals surface area contributed by atoms with Crippen LogP contribution in [0.3, 0.4) is 0 Å². The van der Waals surface area contributed by atoms with Crippen LogP contribution in [0.2, 0.25) is 5.02 Å². The Morgan fingerprint density at radius 3 is 2.72 bits per heavy atom. The Hall–Kier alpha value is -2.31. The average Bonchev–Trinajstić information content (AvgIpc) is 2.94. The molecule has 0 saturated carbocycles. The molecule has 2 N–H and O–H groups in total. The summed E-state index contributed by atoms with van der Waals surface area (Å²) in [7, 11) is 1.55. The molecular formula is C18H18ClN3O2S. The quantitative estimate of drug-likeness (QED) is 0.678. The van der Waals surface area contributed by atoms with E-state index in [1.807, 2.05) is 32.0 Å². The first-order valence-electron chi connectivity index (χ1n) is 7.74. The van der Waals surface area contributed by atoms with Gasteiger partial charge in [-0.3, -0.25) is 4.79 Å². The number of carbonyl (C=O) groups excluding carboxylic acids is 1. The van der Waals surface area contributed by atoms with Gasteiger partial charge in [0.05, 0.1) is 27.4 Å². The summed E-state index contributed by atoms with van der Waals surface area (Å²) in [5.41, 5.74) is 2.47. The molecule has 1 atom stereocenters. The molecule has 1 amide bonds. The normalized spacial score (nSPS) is 12.0. The van der Waals surface area contributed by atoms with Gasteiger partial charge in [-0.15, -0.1) is 11.3 Å². The predicted octanol–water partition coefficient (Wildman–Crippen LogP) is 4.71. The summed E-state index contributed by atoms with van der Waals surface area (Å²) in [6, 6.07) is 10.6. The lowest BCUT2D eigenvalue weighted by Crippen LogP contribution is -2.31. The molecule has 0 aliphatic heterocycles. The number of hydrogen-bond acceptors (Lipinski definition) is 5. The van der Waals surface area contributed by atoms with Crippen molar-refractivity contribution in [1.82, 2.24) is 4.98 Å². The predicted molar refractivity (Wildman–Crippen MR) is 104 cm³/mol. The molecule has 0 spiro atoms. The molecule has 3 rings (SSSR count). The lowest BCUT2D eigenvalue weighted by Gasteiger charge is -2.16. The molecule has 0 radical (unpaired) electrons. The molecule has 0 aliphatic carbocycles. The van der Waals surface area contributed by atoms with Crippen molar-refractivity contribution >= 4 is 50.4 Å². The number of anilines is 2. The number of thiazole rings is 1. The molecule has 0 fully saturated rings. The summed E-state index contributed by atoms with van der Waals surface area (Å²) in [5.74, 6) is 0.417. The maximum Gasteiger partial charge on any atom is 0.246 e. The van der Waals surface area contributed by atoms with Gasteiger partial charge in [0.2, 0.25) is 5.91 Å². The van der Waals surface area contributed by atoms with E-state index in [0.717, 1.165) is 20.9 Å². The number of fused-ring (bicyclic) bond motifs is 1. The molecule has 1 heterocycles. The zero-order valence-corrected chi connectivity index (χ0v) is 15.7. The third-order valence-electron chi connectivity index (χ3n) is 3.69. The second-order valence-electron chi connectivity index (χ2n) is 5.62. The molecule has 2 aromatic carbocycles. The van der Waals surface area contributed by atoms with Crippen molar-refractivity contribution in [2.75, 3.05) is 17.7 Å². The monoisotopic (exact) mass is 375 g/mol. The minimum absolute atomic E-state index is 0.151. The van der Waals surface area contributed by atoms with Crippen LogP contribution in [0.25, 0.3) is 10.2 Å². The van der Waals surface area contributed by atoms with Crippen molar-refractivity contribution in [3.05, 3.63) is 46.4 Å². The van der Waals surface area contributed by atoms with Crippen LogP contribution in [0.15, 0.2) is 36.4 Å². The fraction of sp³-hybridized carbons (Fsp3) is 0.222. The smallest absolute Gasteiger partial charge is 0.246 e.